The Kier molecular flexibility index (Phi) is 7.39. The molecule has 0 aliphatic carbocycles. The van der Waals surface area contributed by atoms with Crippen LogP contribution in [0.5, 0.6) is 0 Å². The molecule has 1 N–H and O–H groups in total. The van der Waals surface area contributed by atoms with Crippen molar-refractivity contribution < 1.29 is 13.9 Å². The van der Waals surface area contributed by atoms with E-state index in [4.69, 9.17) is 16.3 Å². The molecule has 1 heterocycles. The largest absolute Gasteiger partial charge is 0.370 e. The van der Waals surface area contributed by atoms with E-state index in [9.17, 15) is 9.18 Å². The molecule has 0 radical (unpaired) electrons. The second-order valence-electron chi connectivity index (χ2n) is 4.73. The van der Waals surface area contributed by atoms with Crippen molar-refractivity contribution in [2.75, 3.05) is 33.3 Å². The summed E-state index contributed by atoms with van der Waals surface area (Å²) >= 11 is 5.78. The van der Waals surface area contributed by atoms with Crippen molar-refractivity contribution >= 4 is 29.9 Å². The van der Waals surface area contributed by atoms with Crippen LogP contribution in [-0.4, -0.2) is 44.1 Å². The second kappa shape index (κ2) is 8.54. The molecule has 7 heteroatoms. The predicted molar refractivity (Wildman–Crippen MR) is 82.5 cm³/mol. The lowest BCUT2D eigenvalue weighted by Crippen LogP contribution is -2.42. The third kappa shape index (κ3) is 4.81. The summed E-state index contributed by atoms with van der Waals surface area (Å²) in [5, 5.41) is 3.03. The molecule has 118 valence electrons. The summed E-state index contributed by atoms with van der Waals surface area (Å²) in [5.41, 5.74) is 0.794. The molecular formula is C14H19Cl2FN2O2. The molecule has 1 atom stereocenters. The Hall–Kier alpha value is -0.880. The van der Waals surface area contributed by atoms with Crippen molar-refractivity contribution in [3.05, 3.63) is 34.6 Å². The summed E-state index contributed by atoms with van der Waals surface area (Å²) in [6, 6.07) is 4.53. The minimum absolute atomic E-state index is 0. The van der Waals surface area contributed by atoms with Crippen LogP contribution in [0.15, 0.2) is 18.2 Å². The molecule has 0 bridgehead atoms. The van der Waals surface area contributed by atoms with Gasteiger partial charge in [-0.3, -0.25) is 4.79 Å². The summed E-state index contributed by atoms with van der Waals surface area (Å²) in [4.78, 5) is 13.8. The third-order valence-electron chi connectivity index (χ3n) is 3.32. The Morgan fingerprint density at radius 2 is 2.33 bits per heavy atom. The zero-order valence-corrected chi connectivity index (χ0v) is 13.3. The van der Waals surface area contributed by atoms with Crippen molar-refractivity contribution in [1.82, 2.24) is 10.2 Å². The maximum atomic E-state index is 13.2. The number of ether oxygens (including phenoxy) is 1. The summed E-state index contributed by atoms with van der Waals surface area (Å²) in [5.74, 6) is -0.353. The fourth-order valence-electron chi connectivity index (χ4n) is 2.18. The molecule has 1 aromatic carbocycles. The number of hydrogen-bond acceptors (Lipinski definition) is 3. The first-order valence-corrected chi connectivity index (χ1v) is 6.98. The van der Waals surface area contributed by atoms with Crippen molar-refractivity contribution in [3.63, 3.8) is 0 Å². The van der Waals surface area contributed by atoms with Crippen LogP contribution < -0.4 is 5.32 Å². The minimum atomic E-state index is -0.451. The molecule has 1 aliphatic heterocycles. The van der Waals surface area contributed by atoms with Crippen LogP contribution in [0.25, 0.3) is 0 Å². The highest BCUT2D eigenvalue weighted by Gasteiger charge is 2.25. The van der Waals surface area contributed by atoms with Gasteiger partial charge in [0.1, 0.15) is 11.9 Å². The monoisotopic (exact) mass is 336 g/mol. The van der Waals surface area contributed by atoms with Gasteiger partial charge in [-0.05, 0) is 24.7 Å². The number of nitrogens with zero attached hydrogens (tertiary/aromatic N) is 1. The molecule has 2 rings (SSSR count). The van der Waals surface area contributed by atoms with Crippen LogP contribution in [0, 0.1) is 5.82 Å². The molecule has 1 amide bonds. The topological polar surface area (TPSA) is 41.6 Å². The zero-order valence-electron chi connectivity index (χ0n) is 11.8. The molecule has 0 spiro atoms. The van der Waals surface area contributed by atoms with Crippen molar-refractivity contribution in [3.8, 4) is 0 Å². The van der Waals surface area contributed by atoms with Gasteiger partial charge in [0.2, 0.25) is 5.91 Å². The van der Waals surface area contributed by atoms with Crippen LogP contribution >= 0.6 is 24.0 Å². The first-order chi connectivity index (χ1) is 9.61. The SMILES string of the molecule is CNCCC(=O)N1CCOC(c2ccc(F)c(Cl)c2)C1.Cl. The van der Waals surface area contributed by atoms with Crippen LogP contribution in [-0.2, 0) is 9.53 Å². The van der Waals surface area contributed by atoms with Gasteiger partial charge in [0.15, 0.2) is 0 Å². The lowest BCUT2D eigenvalue weighted by atomic mass is 10.1. The second-order valence-corrected chi connectivity index (χ2v) is 5.13. The Morgan fingerprint density at radius 3 is 3.00 bits per heavy atom. The van der Waals surface area contributed by atoms with E-state index in [0.717, 1.165) is 5.56 Å². The van der Waals surface area contributed by atoms with Gasteiger partial charge < -0.3 is 15.0 Å². The molecule has 1 unspecified atom stereocenters. The molecule has 4 nitrogen and oxygen atoms in total. The number of morpholine rings is 1. The third-order valence-corrected chi connectivity index (χ3v) is 3.61. The van der Waals surface area contributed by atoms with Crippen LogP contribution in [0.4, 0.5) is 4.39 Å². The average molecular weight is 337 g/mol. The highest BCUT2D eigenvalue weighted by atomic mass is 35.5. The van der Waals surface area contributed by atoms with E-state index in [1.165, 1.54) is 6.07 Å². The number of halogens is 3. The summed E-state index contributed by atoms with van der Waals surface area (Å²) in [6.07, 6.45) is 0.216. The molecule has 0 saturated carbocycles. The first kappa shape index (κ1) is 18.2. The van der Waals surface area contributed by atoms with Crippen LogP contribution in [0.2, 0.25) is 5.02 Å². The molecule has 21 heavy (non-hydrogen) atoms. The Bertz CT molecular complexity index is 488. The first-order valence-electron chi connectivity index (χ1n) is 6.60. The number of benzene rings is 1. The van der Waals surface area contributed by atoms with Gasteiger partial charge in [-0.15, -0.1) is 12.4 Å². The number of carbonyl (C=O) groups excluding carboxylic acids is 1. The van der Waals surface area contributed by atoms with Crippen LogP contribution in [0.1, 0.15) is 18.1 Å². The van der Waals surface area contributed by atoms with E-state index in [2.05, 4.69) is 5.32 Å². The van der Waals surface area contributed by atoms with E-state index in [0.29, 0.717) is 32.7 Å². The van der Waals surface area contributed by atoms with E-state index < -0.39 is 5.82 Å². The minimum Gasteiger partial charge on any atom is -0.370 e. The number of nitrogens with one attached hydrogen (secondary N) is 1. The highest BCUT2D eigenvalue weighted by Crippen LogP contribution is 2.26. The van der Waals surface area contributed by atoms with Gasteiger partial charge in [-0.2, -0.15) is 0 Å². The summed E-state index contributed by atoms with van der Waals surface area (Å²) in [6.45, 7) is 2.20. The molecule has 1 saturated heterocycles. The molecular weight excluding hydrogens is 318 g/mol. The average Bonchev–Trinajstić information content (AvgIpc) is 2.47. The van der Waals surface area contributed by atoms with E-state index in [-0.39, 0.29) is 29.4 Å². The highest BCUT2D eigenvalue weighted by molar-refractivity contribution is 6.30. The lowest BCUT2D eigenvalue weighted by molar-refractivity contribution is -0.138. The zero-order chi connectivity index (χ0) is 14.5. The standard InChI is InChI=1S/C14H18ClFN2O2.ClH/c1-17-5-4-14(19)18-6-7-20-13(9-18)10-2-3-12(16)11(15)8-10;/h2-3,8,13,17H,4-7,9H2,1H3;1H. The number of amides is 1. The Labute approximate surface area is 135 Å². The van der Waals surface area contributed by atoms with Crippen LogP contribution in [0.3, 0.4) is 0 Å². The van der Waals surface area contributed by atoms with E-state index in [1.54, 1.807) is 17.0 Å². The summed E-state index contributed by atoms with van der Waals surface area (Å²) in [7, 11) is 1.82. The van der Waals surface area contributed by atoms with Crippen molar-refractivity contribution in [2.24, 2.45) is 0 Å². The molecule has 0 aromatic heterocycles. The smallest absolute Gasteiger partial charge is 0.224 e. The number of hydrogen-bond donors (Lipinski definition) is 1. The van der Waals surface area contributed by atoms with Gasteiger partial charge in [0.25, 0.3) is 0 Å². The number of rotatable bonds is 4. The Balaban J connectivity index is 0.00000220. The fraction of sp³-hybridized carbons (Fsp3) is 0.500. The normalized spacial score (nSPS) is 18.2. The quantitative estimate of drug-likeness (QED) is 0.917. The van der Waals surface area contributed by atoms with Gasteiger partial charge in [-0.25, -0.2) is 4.39 Å². The molecule has 1 aromatic rings. The maximum Gasteiger partial charge on any atom is 0.224 e. The fourth-order valence-corrected chi connectivity index (χ4v) is 2.37. The van der Waals surface area contributed by atoms with Gasteiger partial charge in [-0.1, -0.05) is 17.7 Å². The number of carbonyl (C=O) groups is 1. The summed E-state index contributed by atoms with van der Waals surface area (Å²) < 4.78 is 18.8. The van der Waals surface area contributed by atoms with E-state index in [1.807, 2.05) is 7.05 Å². The Morgan fingerprint density at radius 1 is 1.57 bits per heavy atom. The molecule has 1 fully saturated rings. The van der Waals surface area contributed by atoms with Gasteiger partial charge >= 0.3 is 0 Å². The maximum absolute atomic E-state index is 13.2. The van der Waals surface area contributed by atoms with Crippen molar-refractivity contribution in [2.45, 2.75) is 12.5 Å². The predicted octanol–water partition coefficient (Wildman–Crippen LogP) is 2.41. The van der Waals surface area contributed by atoms with E-state index >= 15 is 0 Å². The van der Waals surface area contributed by atoms with Crippen molar-refractivity contribution in [1.29, 1.82) is 0 Å². The van der Waals surface area contributed by atoms with Gasteiger partial charge in [0, 0.05) is 19.5 Å². The van der Waals surface area contributed by atoms with Gasteiger partial charge in [0.05, 0.1) is 18.2 Å². The lowest BCUT2D eigenvalue weighted by Gasteiger charge is -2.33. The molecule has 1 aliphatic rings.